The number of amides is 2. The monoisotopic (exact) mass is 372 g/mol. The first kappa shape index (κ1) is 24.5. The summed E-state index contributed by atoms with van der Waals surface area (Å²) in [4.78, 5) is 39.1. The molecule has 2 amide bonds. The lowest BCUT2D eigenvalue weighted by Crippen LogP contribution is -2.41. The predicted molar refractivity (Wildman–Crippen MR) is 100 cm³/mol. The zero-order valence-corrected chi connectivity index (χ0v) is 17.2. The highest BCUT2D eigenvalue weighted by Gasteiger charge is 2.28. The summed E-state index contributed by atoms with van der Waals surface area (Å²) in [7, 11) is 0. The van der Waals surface area contributed by atoms with E-state index in [1.54, 1.807) is 13.8 Å². The molecule has 0 aliphatic rings. The van der Waals surface area contributed by atoms with Gasteiger partial charge in [0.25, 0.3) is 0 Å². The normalized spacial score (nSPS) is 15.6. The van der Waals surface area contributed by atoms with E-state index in [0.29, 0.717) is 32.6 Å². The van der Waals surface area contributed by atoms with Crippen molar-refractivity contribution in [3.05, 3.63) is 0 Å². The van der Waals surface area contributed by atoms with Crippen LogP contribution in [-0.4, -0.2) is 44.0 Å². The molecule has 0 heterocycles. The molecule has 0 fully saturated rings. The molecule has 0 aromatic heterocycles. The van der Waals surface area contributed by atoms with Crippen LogP contribution in [0.15, 0.2) is 0 Å². The molecule has 0 aromatic carbocycles. The number of hydrogen-bond donors (Lipinski definition) is 2. The quantitative estimate of drug-likeness (QED) is 0.457. The Balaban J connectivity index is 4.32. The first-order valence-electron chi connectivity index (χ1n) is 9.34. The highest BCUT2D eigenvalue weighted by molar-refractivity contribution is 5.78. The Hall–Kier alpha value is -1.47. The first-order chi connectivity index (χ1) is 12.1. The van der Waals surface area contributed by atoms with Crippen LogP contribution < -0.4 is 10.8 Å². The Morgan fingerprint density at radius 2 is 1.50 bits per heavy atom. The lowest BCUT2D eigenvalue weighted by Gasteiger charge is -2.32. The fourth-order valence-corrected chi connectivity index (χ4v) is 2.32. The minimum atomic E-state index is -0.295. The number of hydrogen-bond acceptors (Lipinski definition) is 5. The minimum absolute atomic E-state index is 0.158. The van der Waals surface area contributed by atoms with E-state index in [2.05, 4.69) is 24.6 Å². The van der Waals surface area contributed by atoms with Crippen LogP contribution >= 0.6 is 0 Å². The van der Waals surface area contributed by atoms with Gasteiger partial charge in [-0.15, -0.1) is 0 Å². The van der Waals surface area contributed by atoms with E-state index in [9.17, 15) is 14.4 Å². The predicted octanol–water partition coefficient (Wildman–Crippen LogP) is 2.39. The number of ether oxygens (including phenoxy) is 1. The van der Waals surface area contributed by atoms with Gasteiger partial charge in [0.2, 0.25) is 11.8 Å². The third-order valence-electron chi connectivity index (χ3n) is 4.71. The van der Waals surface area contributed by atoms with Gasteiger partial charge in [-0.05, 0) is 25.2 Å². The molecule has 0 saturated heterocycles. The van der Waals surface area contributed by atoms with Crippen LogP contribution in [0.5, 0.6) is 0 Å². The SMILES string of the molecule is CCC(=O)NOCC(=O)NCC(C)(CC)COCC(C)(CC)CC(C)=O. The summed E-state index contributed by atoms with van der Waals surface area (Å²) in [5, 5.41) is 2.81. The van der Waals surface area contributed by atoms with E-state index >= 15 is 0 Å². The molecule has 0 aliphatic heterocycles. The number of nitrogens with one attached hydrogen (secondary N) is 2. The van der Waals surface area contributed by atoms with Crippen molar-refractivity contribution in [1.29, 1.82) is 0 Å². The molecule has 0 radical (unpaired) electrons. The van der Waals surface area contributed by atoms with Gasteiger partial charge in [-0.2, -0.15) is 0 Å². The smallest absolute Gasteiger partial charge is 0.248 e. The zero-order chi connectivity index (χ0) is 20.2. The Bertz CT molecular complexity index is 469. The van der Waals surface area contributed by atoms with Crippen molar-refractivity contribution in [1.82, 2.24) is 10.8 Å². The molecule has 0 aliphatic carbocycles. The van der Waals surface area contributed by atoms with Crippen molar-refractivity contribution in [2.24, 2.45) is 10.8 Å². The molecule has 7 nitrogen and oxygen atoms in total. The van der Waals surface area contributed by atoms with Crippen molar-refractivity contribution in [2.45, 2.75) is 67.2 Å². The Labute approximate surface area is 157 Å². The fourth-order valence-electron chi connectivity index (χ4n) is 2.32. The van der Waals surface area contributed by atoms with Crippen LogP contribution in [0.25, 0.3) is 0 Å². The van der Waals surface area contributed by atoms with E-state index in [4.69, 9.17) is 9.57 Å². The van der Waals surface area contributed by atoms with Crippen LogP contribution in [0, 0.1) is 10.8 Å². The molecule has 0 spiro atoms. The summed E-state index contributed by atoms with van der Waals surface area (Å²) in [6.07, 6.45) is 2.50. The maximum absolute atomic E-state index is 11.8. The van der Waals surface area contributed by atoms with Crippen molar-refractivity contribution < 1.29 is 24.0 Å². The summed E-state index contributed by atoms with van der Waals surface area (Å²) in [6, 6.07) is 0. The molecule has 152 valence electrons. The molecule has 0 aromatic rings. The van der Waals surface area contributed by atoms with Gasteiger partial charge in [-0.1, -0.05) is 34.6 Å². The van der Waals surface area contributed by atoms with Crippen molar-refractivity contribution in [3.63, 3.8) is 0 Å². The molecule has 7 heteroatoms. The Kier molecular flexibility index (Phi) is 11.3. The van der Waals surface area contributed by atoms with Gasteiger partial charge in [0.05, 0.1) is 13.2 Å². The van der Waals surface area contributed by atoms with Crippen LogP contribution in [-0.2, 0) is 24.0 Å². The number of rotatable bonds is 14. The minimum Gasteiger partial charge on any atom is -0.380 e. The van der Waals surface area contributed by atoms with Crippen LogP contribution in [0.4, 0.5) is 0 Å². The first-order valence-corrected chi connectivity index (χ1v) is 9.34. The molecule has 0 rings (SSSR count). The van der Waals surface area contributed by atoms with Crippen LogP contribution in [0.1, 0.15) is 67.2 Å². The second-order valence-corrected chi connectivity index (χ2v) is 7.64. The number of hydroxylamine groups is 1. The maximum Gasteiger partial charge on any atom is 0.248 e. The number of ketones is 1. The summed E-state index contributed by atoms with van der Waals surface area (Å²) in [5.74, 6) is -0.399. The fraction of sp³-hybridized carbons (Fsp3) is 0.842. The number of carbonyl (C=O) groups excluding carboxylic acids is 3. The largest absolute Gasteiger partial charge is 0.380 e. The molecule has 26 heavy (non-hydrogen) atoms. The van der Waals surface area contributed by atoms with E-state index < -0.39 is 0 Å². The van der Waals surface area contributed by atoms with Crippen molar-refractivity contribution >= 4 is 17.6 Å². The average molecular weight is 373 g/mol. The molecule has 2 N–H and O–H groups in total. The van der Waals surface area contributed by atoms with E-state index in [1.807, 2.05) is 13.8 Å². The lowest BCUT2D eigenvalue weighted by molar-refractivity contribution is -0.139. The molecular formula is C19H36N2O5. The molecular weight excluding hydrogens is 336 g/mol. The van der Waals surface area contributed by atoms with Gasteiger partial charge in [0.15, 0.2) is 6.61 Å². The van der Waals surface area contributed by atoms with Gasteiger partial charge in [-0.3, -0.25) is 14.4 Å². The molecule has 2 unspecified atom stereocenters. The Morgan fingerprint density at radius 3 is 2.00 bits per heavy atom. The summed E-state index contributed by atoms with van der Waals surface area (Å²) < 4.78 is 5.91. The topological polar surface area (TPSA) is 93.7 Å². The molecule has 0 saturated carbocycles. The van der Waals surface area contributed by atoms with E-state index in [1.165, 1.54) is 0 Å². The highest BCUT2D eigenvalue weighted by atomic mass is 16.7. The van der Waals surface area contributed by atoms with E-state index in [0.717, 1.165) is 12.8 Å². The molecule has 0 bridgehead atoms. The summed E-state index contributed by atoms with van der Waals surface area (Å²) in [6.45, 7) is 12.7. The average Bonchev–Trinajstić information content (AvgIpc) is 2.59. The van der Waals surface area contributed by atoms with Gasteiger partial charge in [0.1, 0.15) is 5.78 Å². The summed E-state index contributed by atoms with van der Waals surface area (Å²) >= 11 is 0. The second kappa shape index (κ2) is 12.0. The highest BCUT2D eigenvalue weighted by Crippen LogP contribution is 2.28. The Morgan fingerprint density at radius 1 is 0.923 bits per heavy atom. The second-order valence-electron chi connectivity index (χ2n) is 7.64. The van der Waals surface area contributed by atoms with Crippen LogP contribution in [0.2, 0.25) is 0 Å². The standard InChI is InChI=1S/C19H36N2O5/c1-7-16(23)21-26-11-17(24)20-12-19(6,9-3)14-25-13-18(5,8-2)10-15(4)22/h7-14H2,1-6H3,(H,20,24)(H,21,23). The maximum atomic E-state index is 11.8. The number of carbonyl (C=O) groups is 3. The van der Waals surface area contributed by atoms with Crippen molar-refractivity contribution in [3.8, 4) is 0 Å². The van der Waals surface area contributed by atoms with Crippen LogP contribution in [0.3, 0.4) is 0 Å². The molecule has 2 atom stereocenters. The van der Waals surface area contributed by atoms with Gasteiger partial charge in [-0.25, -0.2) is 5.48 Å². The van der Waals surface area contributed by atoms with Crippen molar-refractivity contribution in [2.75, 3.05) is 26.4 Å². The number of Topliss-reactive ketones (excluding diaryl/α,β-unsaturated/α-hetero) is 1. The third-order valence-corrected chi connectivity index (χ3v) is 4.71. The van der Waals surface area contributed by atoms with Gasteiger partial charge < -0.3 is 14.8 Å². The van der Waals surface area contributed by atoms with Gasteiger partial charge >= 0.3 is 0 Å². The van der Waals surface area contributed by atoms with Gasteiger partial charge in [0, 0.05) is 24.8 Å². The third kappa shape index (κ3) is 10.5. The van der Waals surface area contributed by atoms with E-state index in [-0.39, 0.29) is 35.0 Å². The summed E-state index contributed by atoms with van der Waals surface area (Å²) in [5.41, 5.74) is 1.82. The lowest BCUT2D eigenvalue weighted by atomic mass is 9.83. The zero-order valence-electron chi connectivity index (χ0n) is 17.2.